The number of carbonyl (C=O) groups excluding carboxylic acids is 1. The first-order valence-electron chi connectivity index (χ1n) is 5.39. The fourth-order valence-corrected chi connectivity index (χ4v) is 3.11. The number of rotatable bonds is 4. The second-order valence-corrected chi connectivity index (χ2v) is 5.89. The Morgan fingerprint density at radius 1 is 1.29 bits per heavy atom. The van der Waals surface area contributed by atoms with Gasteiger partial charge in [-0.2, -0.15) is 0 Å². The third kappa shape index (κ3) is 4.68. The second kappa shape index (κ2) is 6.40. The fraction of sp³-hybridized carbons (Fsp3) is 0.417. The van der Waals surface area contributed by atoms with Crippen LogP contribution in [0.15, 0.2) is 21.1 Å². The number of aryl methyl sites for hydroxylation is 1. The summed E-state index contributed by atoms with van der Waals surface area (Å²) >= 11 is 6.95. The molecule has 1 amide bonds. The molecular weight excluding hydrogens is 348 g/mol. The van der Waals surface area contributed by atoms with Crippen molar-refractivity contribution < 1.29 is 4.79 Å². The molecule has 5 heteroatoms. The zero-order chi connectivity index (χ0) is 13.0. The lowest BCUT2D eigenvalue weighted by Crippen LogP contribution is -2.34. The average molecular weight is 364 g/mol. The molecule has 0 aromatic heterocycles. The molecule has 0 aliphatic carbocycles. The molecular formula is C12H16Br2N2O. The van der Waals surface area contributed by atoms with Crippen LogP contribution in [0.3, 0.4) is 0 Å². The van der Waals surface area contributed by atoms with Crippen LogP contribution in [0, 0.1) is 6.92 Å². The van der Waals surface area contributed by atoms with Crippen molar-refractivity contribution in [3.63, 3.8) is 0 Å². The molecule has 1 aromatic carbocycles. The minimum atomic E-state index is -0.0145. The van der Waals surface area contributed by atoms with Crippen LogP contribution in [0.1, 0.15) is 19.4 Å². The van der Waals surface area contributed by atoms with Crippen LogP contribution >= 0.6 is 31.9 Å². The van der Waals surface area contributed by atoms with Crippen LogP contribution in [-0.4, -0.2) is 18.5 Å². The van der Waals surface area contributed by atoms with Crippen molar-refractivity contribution in [3.05, 3.63) is 26.6 Å². The summed E-state index contributed by atoms with van der Waals surface area (Å²) < 4.78 is 1.89. The number of amides is 1. The SMILES string of the molecule is Cc1cc(Br)c(NCC(=O)NC(C)C)c(Br)c1. The maximum Gasteiger partial charge on any atom is 0.239 e. The Balaban J connectivity index is 2.67. The van der Waals surface area contributed by atoms with E-state index in [1.165, 1.54) is 0 Å². The van der Waals surface area contributed by atoms with Crippen LogP contribution in [-0.2, 0) is 4.79 Å². The van der Waals surface area contributed by atoms with E-state index in [-0.39, 0.29) is 18.5 Å². The number of benzene rings is 1. The molecule has 0 aliphatic heterocycles. The number of hydrogen-bond acceptors (Lipinski definition) is 2. The molecule has 94 valence electrons. The minimum Gasteiger partial charge on any atom is -0.374 e. The molecule has 1 rings (SSSR count). The summed E-state index contributed by atoms with van der Waals surface area (Å²) in [6.07, 6.45) is 0. The molecule has 0 radical (unpaired) electrons. The fourth-order valence-electron chi connectivity index (χ4n) is 1.41. The van der Waals surface area contributed by atoms with E-state index >= 15 is 0 Å². The molecule has 1 aromatic rings. The lowest BCUT2D eigenvalue weighted by atomic mass is 10.2. The number of carbonyl (C=O) groups is 1. The summed E-state index contributed by atoms with van der Waals surface area (Å²) in [6.45, 7) is 6.16. The van der Waals surface area contributed by atoms with Gasteiger partial charge in [0.2, 0.25) is 5.91 Å². The Labute approximate surface area is 119 Å². The van der Waals surface area contributed by atoms with E-state index in [9.17, 15) is 4.79 Å². The van der Waals surface area contributed by atoms with E-state index in [1.54, 1.807) is 0 Å². The summed E-state index contributed by atoms with van der Waals surface area (Å²) in [6, 6.07) is 4.18. The smallest absolute Gasteiger partial charge is 0.239 e. The monoisotopic (exact) mass is 362 g/mol. The Bertz CT molecular complexity index is 396. The first kappa shape index (κ1) is 14.5. The highest BCUT2D eigenvalue weighted by Gasteiger charge is 2.08. The normalized spacial score (nSPS) is 10.5. The van der Waals surface area contributed by atoms with Crippen LogP contribution in [0.5, 0.6) is 0 Å². The topological polar surface area (TPSA) is 41.1 Å². The molecule has 0 saturated heterocycles. The number of nitrogens with one attached hydrogen (secondary N) is 2. The van der Waals surface area contributed by atoms with Gasteiger partial charge in [0.25, 0.3) is 0 Å². The van der Waals surface area contributed by atoms with Crippen LogP contribution < -0.4 is 10.6 Å². The molecule has 0 spiro atoms. The highest BCUT2D eigenvalue weighted by Crippen LogP contribution is 2.31. The lowest BCUT2D eigenvalue weighted by molar-refractivity contribution is -0.119. The second-order valence-electron chi connectivity index (χ2n) is 4.18. The zero-order valence-electron chi connectivity index (χ0n) is 10.1. The molecule has 3 nitrogen and oxygen atoms in total. The van der Waals surface area contributed by atoms with Crippen molar-refractivity contribution >= 4 is 43.5 Å². The Kier molecular flexibility index (Phi) is 5.46. The average Bonchev–Trinajstić information content (AvgIpc) is 2.14. The van der Waals surface area contributed by atoms with E-state index in [2.05, 4.69) is 42.5 Å². The summed E-state index contributed by atoms with van der Waals surface area (Å²) in [4.78, 5) is 11.5. The van der Waals surface area contributed by atoms with Crippen LogP contribution in [0.2, 0.25) is 0 Å². The maximum atomic E-state index is 11.5. The first-order valence-corrected chi connectivity index (χ1v) is 6.97. The van der Waals surface area contributed by atoms with Gasteiger partial charge in [0.05, 0.1) is 12.2 Å². The Morgan fingerprint density at radius 2 is 1.82 bits per heavy atom. The predicted molar refractivity (Wildman–Crippen MR) is 78.3 cm³/mol. The third-order valence-electron chi connectivity index (χ3n) is 2.06. The van der Waals surface area contributed by atoms with Crippen molar-refractivity contribution in [2.24, 2.45) is 0 Å². The summed E-state index contributed by atoms with van der Waals surface area (Å²) in [5.41, 5.74) is 2.05. The van der Waals surface area contributed by atoms with Crippen molar-refractivity contribution in [3.8, 4) is 0 Å². The summed E-state index contributed by atoms with van der Waals surface area (Å²) in [5, 5.41) is 5.94. The number of halogens is 2. The zero-order valence-corrected chi connectivity index (χ0v) is 13.3. The molecule has 0 fully saturated rings. The van der Waals surface area contributed by atoms with E-state index in [0.717, 1.165) is 20.2 Å². The van der Waals surface area contributed by atoms with E-state index < -0.39 is 0 Å². The van der Waals surface area contributed by atoms with Gasteiger partial charge in [-0.15, -0.1) is 0 Å². The highest BCUT2D eigenvalue weighted by atomic mass is 79.9. The van der Waals surface area contributed by atoms with Gasteiger partial charge < -0.3 is 10.6 Å². The van der Waals surface area contributed by atoms with Gasteiger partial charge in [-0.3, -0.25) is 4.79 Å². The molecule has 0 aliphatic rings. The molecule has 0 heterocycles. The lowest BCUT2D eigenvalue weighted by Gasteiger charge is -2.13. The van der Waals surface area contributed by atoms with Gasteiger partial charge in [-0.1, -0.05) is 0 Å². The summed E-state index contributed by atoms with van der Waals surface area (Å²) in [7, 11) is 0. The molecule has 17 heavy (non-hydrogen) atoms. The molecule has 2 N–H and O–H groups in total. The van der Waals surface area contributed by atoms with Gasteiger partial charge in [0.1, 0.15) is 0 Å². The molecule has 0 saturated carbocycles. The number of anilines is 1. The first-order chi connectivity index (χ1) is 7.90. The van der Waals surface area contributed by atoms with E-state index in [0.29, 0.717) is 0 Å². The van der Waals surface area contributed by atoms with Gasteiger partial charge in [-0.05, 0) is 70.3 Å². The maximum absolute atomic E-state index is 11.5. The molecule has 0 bridgehead atoms. The Hall–Kier alpha value is -0.550. The molecule has 0 atom stereocenters. The van der Waals surface area contributed by atoms with Crippen molar-refractivity contribution in [2.45, 2.75) is 26.8 Å². The quantitative estimate of drug-likeness (QED) is 0.860. The Morgan fingerprint density at radius 3 is 2.29 bits per heavy atom. The van der Waals surface area contributed by atoms with Crippen LogP contribution in [0.4, 0.5) is 5.69 Å². The standard InChI is InChI=1S/C12H16Br2N2O/c1-7(2)16-11(17)6-15-12-9(13)4-8(3)5-10(12)14/h4-5,7,15H,6H2,1-3H3,(H,16,17). The molecule has 0 unspecified atom stereocenters. The van der Waals surface area contributed by atoms with Crippen molar-refractivity contribution in [2.75, 3.05) is 11.9 Å². The predicted octanol–water partition coefficient (Wildman–Crippen LogP) is 3.46. The van der Waals surface area contributed by atoms with Gasteiger partial charge in [0.15, 0.2) is 0 Å². The number of hydrogen-bond donors (Lipinski definition) is 2. The van der Waals surface area contributed by atoms with Gasteiger partial charge in [-0.25, -0.2) is 0 Å². The van der Waals surface area contributed by atoms with Gasteiger partial charge in [0, 0.05) is 15.0 Å². The van der Waals surface area contributed by atoms with E-state index in [1.807, 2.05) is 32.9 Å². The largest absolute Gasteiger partial charge is 0.374 e. The minimum absolute atomic E-state index is 0.0145. The van der Waals surface area contributed by atoms with Crippen molar-refractivity contribution in [1.29, 1.82) is 0 Å². The third-order valence-corrected chi connectivity index (χ3v) is 3.31. The summed E-state index contributed by atoms with van der Waals surface area (Å²) in [5.74, 6) is -0.0145. The van der Waals surface area contributed by atoms with E-state index in [4.69, 9.17) is 0 Å². The van der Waals surface area contributed by atoms with Gasteiger partial charge >= 0.3 is 0 Å². The van der Waals surface area contributed by atoms with Crippen LogP contribution in [0.25, 0.3) is 0 Å². The highest BCUT2D eigenvalue weighted by molar-refractivity contribution is 9.11. The van der Waals surface area contributed by atoms with Crippen molar-refractivity contribution in [1.82, 2.24) is 5.32 Å².